The number of nitrogens with zero attached hydrogens (tertiary/aromatic N) is 2. The molecule has 3 heteroatoms. The molecule has 1 fully saturated rings. The Morgan fingerprint density at radius 1 is 1.29 bits per heavy atom. The summed E-state index contributed by atoms with van der Waals surface area (Å²) in [5, 5.41) is 9.85. The average molecular weight is 335 g/mol. The third kappa shape index (κ3) is 9.71. The van der Waals surface area contributed by atoms with Gasteiger partial charge in [-0.2, -0.15) is 0 Å². The van der Waals surface area contributed by atoms with Crippen molar-refractivity contribution in [1.82, 2.24) is 4.90 Å². The van der Waals surface area contributed by atoms with E-state index in [0.29, 0.717) is 5.92 Å². The first-order chi connectivity index (χ1) is 11.5. The third-order valence-electron chi connectivity index (χ3n) is 3.96. The predicted molar refractivity (Wildman–Crippen MR) is 108 cm³/mol. The highest BCUT2D eigenvalue weighted by molar-refractivity contribution is 5.93. The zero-order valence-electron chi connectivity index (χ0n) is 16.6. The molecule has 3 nitrogen and oxygen atoms in total. The Kier molecular flexibility index (Phi) is 12.3. The molecule has 2 heterocycles. The molecular weight excluding hydrogens is 296 g/mol. The number of aliphatic hydroxyl groups is 1. The van der Waals surface area contributed by atoms with Gasteiger partial charge in [0, 0.05) is 19.6 Å². The molecule has 0 amide bonds. The average Bonchev–Trinajstić information content (AvgIpc) is 2.59. The van der Waals surface area contributed by atoms with E-state index in [9.17, 15) is 5.11 Å². The van der Waals surface area contributed by atoms with Crippen molar-refractivity contribution in [3.05, 3.63) is 36.5 Å². The quantitative estimate of drug-likeness (QED) is 0.722. The number of piperidine rings is 1. The zero-order chi connectivity index (χ0) is 18.4. The molecule has 2 aliphatic heterocycles. The summed E-state index contributed by atoms with van der Waals surface area (Å²) in [4.78, 5) is 6.83. The van der Waals surface area contributed by atoms with E-state index in [2.05, 4.69) is 48.0 Å². The maximum absolute atomic E-state index is 9.85. The van der Waals surface area contributed by atoms with Crippen LogP contribution in [0.15, 0.2) is 41.4 Å². The predicted octanol–water partition coefficient (Wildman–Crippen LogP) is 4.99. The SMILES string of the molecule is C/C=C\C=C/CC.CC.CC1C=CC(N2CCC(C)(O)CC2)=NC1. The van der Waals surface area contributed by atoms with E-state index in [1.807, 2.05) is 39.8 Å². The highest BCUT2D eigenvalue weighted by Gasteiger charge is 2.28. The molecule has 0 aromatic carbocycles. The van der Waals surface area contributed by atoms with Crippen molar-refractivity contribution in [2.24, 2.45) is 10.9 Å². The van der Waals surface area contributed by atoms with E-state index in [1.165, 1.54) is 0 Å². The number of amidine groups is 1. The van der Waals surface area contributed by atoms with E-state index in [0.717, 1.165) is 44.7 Å². The summed E-state index contributed by atoms with van der Waals surface area (Å²) < 4.78 is 0. The lowest BCUT2D eigenvalue weighted by Crippen LogP contribution is -2.45. The van der Waals surface area contributed by atoms with Gasteiger partial charge in [0.1, 0.15) is 5.84 Å². The van der Waals surface area contributed by atoms with E-state index < -0.39 is 5.60 Å². The van der Waals surface area contributed by atoms with Crippen LogP contribution >= 0.6 is 0 Å². The van der Waals surface area contributed by atoms with Crippen molar-refractivity contribution in [3.63, 3.8) is 0 Å². The molecule has 2 rings (SSSR count). The minimum Gasteiger partial charge on any atom is -0.390 e. The second kappa shape index (κ2) is 13.0. The molecule has 24 heavy (non-hydrogen) atoms. The smallest absolute Gasteiger partial charge is 0.123 e. The van der Waals surface area contributed by atoms with E-state index in [-0.39, 0.29) is 0 Å². The zero-order valence-corrected chi connectivity index (χ0v) is 16.6. The van der Waals surface area contributed by atoms with Crippen LogP contribution in [0.4, 0.5) is 0 Å². The maximum Gasteiger partial charge on any atom is 0.123 e. The monoisotopic (exact) mass is 334 g/mol. The van der Waals surface area contributed by atoms with Gasteiger partial charge >= 0.3 is 0 Å². The van der Waals surface area contributed by atoms with Gasteiger partial charge in [-0.1, -0.05) is 58.1 Å². The van der Waals surface area contributed by atoms with E-state index in [4.69, 9.17) is 0 Å². The summed E-state index contributed by atoms with van der Waals surface area (Å²) in [7, 11) is 0. The molecule has 1 atom stereocenters. The molecule has 1 N–H and O–H groups in total. The molecule has 1 saturated heterocycles. The minimum atomic E-state index is -0.470. The summed E-state index contributed by atoms with van der Waals surface area (Å²) in [6.45, 7) is 15.0. The van der Waals surface area contributed by atoms with Gasteiger partial charge in [0.05, 0.1) is 5.60 Å². The minimum absolute atomic E-state index is 0.470. The fourth-order valence-electron chi connectivity index (χ4n) is 2.35. The van der Waals surface area contributed by atoms with Gasteiger partial charge in [-0.05, 0) is 45.1 Å². The first-order valence-electron chi connectivity index (χ1n) is 9.46. The van der Waals surface area contributed by atoms with Crippen molar-refractivity contribution >= 4 is 5.84 Å². The van der Waals surface area contributed by atoms with Crippen molar-refractivity contribution < 1.29 is 5.11 Å². The lowest BCUT2D eigenvalue weighted by atomic mass is 9.93. The molecule has 138 valence electrons. The van der Waals surface area contributed by atoms with Crippen molar-refractivity contribution in [2.45, 2.75) is 66.4 Å². The van der Waals surface area contributed by atoms with Crippen LogP contribution in [0.3, 0.4) is 0 Å². The molecule has 2 aliphatic rings. The Bertz CT molecular complexity index is 423. The standard InChI is InChI=1S/C12H20N2O.C7H12.C2H6/c1-10-3-4-11(13-9-10)14-7-5-12(2,15)6-8-14;1-3-5-7-6-4-2;1-2/h3-4,10,15H,5-9H2,1-2H3;3,5-7H,4H2,1-2H3;1-2H3/b;5-3-,7-6-;. The largest absolute Gasteiger partial charge is 0.390 e. The first-order valence-corrected chi connectivity index (χ1v) is 9.46. The molecule has 0 bridgehead atoms. The molecule has 1 unspecified atom stereocenters. The Morgan fingerprint density at radius 3 is 2.38 bits per heavy atom. The molecule has 0 aromatic heterocycles. The number of likely N-dealkylation sites (tertiary alicyclic amines) is 1. The van der Waals surface area contributed by atoms with Crippen molar-refractivity contribution in [1.29, 1.82) is 0 Å². The molecule has 0 saturated carbocycles. The fourth-order valence-corrected chi connectivity index (χ4v) is 2.35. The third-order valence-corrected chi connectivity index (χ3v) is 3.96. The Labute approximate surface area is 149 Å². The summed E-state index contributed by atoms with van der Waals surface area (Å²) in [6, 6.07) is 0. The molecule has 0 spiro atoms. The molecule has 0 aliphatic carbocycles. The Hall–Kier alpha value is -1.35. The van der Waals surface area contributed by atoms with Crippen LogP contribution in [-0.4, -0.2) is 41.1 Å². The molecule has 0 aromatic rings. The number of hydrogen-bond donors (Lipinski definition) is 1. The number of hydrogen-bond acceptors (Lipinski definition) is 3. The topological polar surface area (TPSA) is 35.8 Å². The molecule has 0 radical (unpaired) electrons. The van der Waals surface area contributed by atoms with Gasteiger partial charge in [0.2, 0.25) is 0 Å². The summed E-state index contributed by atoms with van der Waals surface area (Å²) in [6.07, 6.45) is 15.4. The van der Waals surface area contributed by atoms with Crippen LogP contribution < -0.4 is 0 Å². The number of allylic oxidation sites excluding steroid dienone is 4. The summed E-state index contributed by atoms with van der Waals surface area (Å²) in [5.41, 5.74) is -0.470. The van der Waals surface area contributed by atoms with Crippen LogP contribution in [0, 0.1) is 5.92 Å². The summed E-state index contributed by atoms with van der Waals surface area (Å²) in [5.74, 6) is 1.67. The van der Waals surface area contributed by atoms with Crippen LogP contribution in [0.5, 0.6) is 0 Å². The van der Waals surface area contributed by atoms with E-state index >= 15 is 0 Å². The van der Waals surface area contributed by atoms with Crippen LogP contribution in [0.25, 0.3) is 0 Å². The Balaban J connectivity index is 0.000000501. The van der Waals surface area contributed by atoms with Gasteiger partial charge in [-0.3, -0.25) is 4.99 Å². The number of dihydropyridines is 1. The molecular formula is C21H38N2O. The van der Waals surface area contributed by atoms with E-state index in [1.54, 1.807) is 0 Å². The van der Waals surface area contributed by atoms with Crippen LogP contribution in [-0.2, 0) is 0 Å². The number of rotatable bonds is 2. The Morgan fingerprint density at radius 2 is 1.92 bits per heavy atom. The maximum atomic E-state index is 9.85. The second-order valence-corrected chi connectivity index (χ2v) is 6.38. The lowest BCUT2D eigenvalue weighted by molar-refractivity contribution is 0.01000. The van der Waals surface area contributed by atoms with Gasteiger partial charge in [0.25, 0.3) is 0 Å². The fraction of sp³-hybridized carbons (Fsp3) is 0.667. The van der Waals surface area contributed by atoms with Crippen LogP contribution in [0.2, 0.25) is 0 Å². The van der Waals surface area contributed by atoms with Crippen molar-refractivity contribution in [3.8, 4) is 0 Å². The first kappa shape index (κ1) is 22.6. The second-order valence-electron chi connectivity index (χ2n) is 6.38. The summed E-state index contributed by atoms with van der Waals surface area (Å²) >= 11 is 0. The van der Waals surface area contributed by atoms with Gasteiger partial charge in [0.15, 0.2) is 0 Å². The highest BCUT2D eigenvalue weighted by atomic mass is 16.3. The highest BCUT2D eigenvalue weighted by Crippen LogP contribution is 2.22. The normalized spacial score (nSPS) is 22.5. The van der Waals surface area contributed by atoms with Crippen LogP contribution in [0.1, 0.15) is 60.8 Å². The lowest BCUT2D eigenvalue weighted by Gasteiger charge is -2.37. The van der Waals surface area contributed by atoms with Crippen molar-refractivity contribution in [2.75, 3.05) is 19.6 Å². The van der Waals surface area contributed by atoms with Gasteiger partial charge in [-0.15, -0.1) is 0 Å². The number of aliphatic imine (C=N–C) groups is 1. The van der Waals surface area contributed by atoms with Gasteiger partial charge in [-0.25, -0.2) is 0 Å². The van der Waals surface area contributed by atoms with Gasteiger partial charge < -0.3 is 10.0 Å².